The fourth-order valence-electron chi connectivity index (χ4n) is 3.72. The molecular formula is C24H24N2O3. The molecule has 1 saturated heterocycles. The van der Waals surface area contributed by atoms with Gasteiger partial charge in [-0.25, -0.2) is 4.98 Å². The number of hydrogen-bond acceptors (Lipinski definition) is 4. The van der Waals surface area contributed by atoms with Gasteiger partial charge in [0, 0.05) is 32.0 Å². The molecule has 4 rings (SSSR count). The maximum absolute atomic E-state index is 13.3. The van der Waals surface area contributed by atoms with Crippen molar-refractivity contribution in [2.24, 2.45) is 0 Å². The Morgan fingerprint density at radius 1 is 1.00 bits per heavy atom. The van der Waals surface area contributed by atoms with Crippen LogP contribution in [0.1, 0.15) is 24.0 Å². The lowest BCUT2D eigenvalue weighted by Gasteiger charge is -2.36. The number of aromatic nitrogens is 1. The standard InChI is InChI=1S/C24H24N2O3/c27-23(24(12-15-28-16-13-24)20-8-2-1-3-9-20)26-18-19-7-6-10-21(17-19)29-22-11-4-5-14-25-22/h1-11,14,17H,12-13,15-16,18H2,(H,26,27). The molecule has 0 saturated carbocycles. The third-order valence-electron chi connectivity index (χ3n) is 5.32. The minimum atomic E-state index is -0.540. The van der Waals surface area contributed by atoms with Gasteiger partial charge in [-0.15, -0.1) is 0 Å². The molecular weight excluding hydrogens is 364 g/mol. The first-order valence-corrected chi connectivity index (χ1v) is 9.86. The number of carbonyl (C=O) groups excluding carboxylic acids is 1. The van der Waals surface area contributed by atoms with Crippen LogP contribution in [-0.2, 0) is 21.5 Å². The summed E-state index contributed by atoms with van der Waals surface area (Å²) in [6, 6.07) is 23.2. The van der Waals surface area contributed by atoms with Crippen LogP contribution in [0.25, 0.3) is 0 Å². The average molecular weight is 388 g/mol. The number of hydrogen-bond donors (Lipinski definition) is 1. The normalized spacial score (nSPS) is 15.4. The molecule has 1 aliphatic rings. The van der Waals surface area contributed by atoms with E-state index in [-0.39, 0.29) is 5.91 Å². The van der Waals surface area contributed by atoms with Crippen molar-refractivity contribution >= 4 is 5.91 Å². The highest BCUT2D eigenvalue weighted by Gasteiger charge is 2.41. The Hall–Kier alpha value is -3.18. The van der Waals surface area contributed by atoms with Gasteiger partial charge in [0.2, 0.25) is 11.8 Å². The summed E-state index contributed by atoms with van der Waals surface area (Å²) in [6.07, 6.45) is 3.06. The topological polar surface area (TPSA) is 60.5 Å². The zero-order valence-corrected chi connectivity index (χ0v) is 16.2. The second kappa shape index (κ2) is 8.88. The number of amides is 1. The van der Waals surface area contributed by atoms with E-state index in [1.165, 1.54) is 0 Å². The smallest absolute Gasteiger partial charge is 0.231 e. The Labute approximate surface area is 170 Å². The van der Waals surface area contributed by atoms with Crippen LogP contribution in [0.3, 0.4) is 0 Å². The molecule has 0 aliphatic carbocycles. The van der Waals surface area contributed by atoms with Gasteiger partial charge in [-0.3, -0.25) is 4.79 Å². The first-order chi connectivity index (χ1) is 14.3. The van der Waals surface area contributed by atoms with E-state index >= 15 is 0 Å². The van der Waals surface area contributed by atoms with Crippen molar-refractivity contribution in [3.05, 3.63) is 90.1 Å². The summed E-state index contributed by atoms with van der Waals surface area (Å²) < 4.78 is 11.3. The quantitative estimate of drug-likeness (QED) is 0.686. The first kappa shape index (κ1) is 19.2. The van der Waals surface area contributed by atoms with Crippen molar-refractivity contribution in [1.29, 1.82) is 0 Å². The summed E-state index contributed by atoms with van der Waals surface area (Å²) in [5, 5.41) is 3.13. The highest BCUT2D eigenvalue weighted by molar-refractivity contribution is 5.88. The van der Waals surface area contributed by atoms with Gasteiger partial charge in [0.25, 0.3) is 0 Å². The Balaban J connectivity index is 1.46. The van der Waals surface area contributed by atoms with Crippen LogP contribution in [0.5, 0.6) is 11.6 Å². The molecule has 0 spiro atoms. The molecule has 29 heavy (non-hydrogen) atoms. The third-order valence-corrected chi connectivity index (χ3v) is 5.32. The van der Waals surface area contributed by atoms with Crippen LogP contribution in [-0.4, -0.2) is 24.1 Å². The lowest BCUT2D eigenvalue weighted by atomic mass is 9.73. The monoisotopic (exact) mass is 388 g/mol. The van der Waals surface area contributed by atoms with Crippen molar-refractivity contribution in [3.63, 3.8) is 0 Å². The largest absolute Gasteiger partial charge is 0.439 e. The van der Waals surface area contributed by atoms with E-state index < -0.39 is 5.41 Å². The van der Waals surface area contributed by atoms with Crippen molar-refractivity contribution in [1.82, 2.24) is 10.3 Å². The van der Waals surface area contributed by atoms with E-state index in [1.807, 2.05) is 72.8 Å². The minimum Gasteiger partial charge on any atom is -0.439 e. The Morgan fingerprint density at radius 3 is 2.55 bits per heavy atom. The molecule has 2 aromatic carbocycles. The minimum absolute atomic E-state index is 0.0445. The fraction of sp³-hybridized carbons (Fsp3) is 0.250. The van der Waals surface area contributed by atoms with Gasteiger partial charge in [0.1, 0.15) is 5.75 Å². The number of carbonyl (C=O) groups is 1. The molecule has 2 heterocycles. The molecule has 1 amide bonds. The maximum atomic E-state index is 13.3. The van der Waals surface area contributed by atoms with Gasteiger partial charge >= 0.3 is 0 Å². The zero-order valence-electron chi connectivity index (χ0n) is 16.2. The summed E-state index contributed by atoms with van der Waals surface area (Å²) in [7, 11) is 0. The van der Waals surface area contributed by atoms with Crippen LogP contribution in [0.15, 0.2) is 79.0 Å². The van der Waals surface area contributed by atoms with Gasteiger partial charge in [0.05, 0.1) is 5.41 Å². The highest BCUT2D eigenvalue weighted by Crippen LogP contribution is 2.35. The predicted octanol–water partition coefficient (Wildman–Crippen LogP) is 4.24. The molecule has 0 unspecified atom stereocenters. The molecule has 3 aromatic rings. The van der Waals surface area contributed by atoms with Crippen molar-refractivity contribution in [3.8, 4) is 11.6 Å². The van der Waals surface area contributed by atoms with Gasteiger partial charge in [-0.2, -0.15) is 0 Å². The van der Waals surface area contributed by atoms with E-state index in [0.29, 0.717) is 44.2 Å². The van der Waals surface area contributed by atoms with Crippen molar-refractivity contribution in [2.75, 3.05) is 13.2 Å². The molecule has 5 heteroatoms. The third kappa shape index (κ3) is 4.46. The Morgan fingerprint density at radius 2 is 1.79 bits per heavy atom. The van der Waals surface area contributed by atoms with Crippen LogP contribution < -0.4 is 10.1 Å². The lowest BCUT2D eigenvalue weighted by Crippen LogP contribution is -2.47. The molecule has 1 aliphatic heterocycles. The van der Waals surface area contributed by atoms with E-state index in [2.05, 4.69) is 10.3 Å². The zero-order chi connectivity index (χ0) is 19.9. The van der Waals surface area contributed by atoms with Crippen molar-refractivity contribution < 1.29 is 14.3 Å². The van der Waals surface area contributed by atoms with Crippen LogP contribution >= 0.6 is 0 Å². The summed E-state index contributed by atoms with van der Waals surface area (Å²) >= 11 is 0. The number of nitrogens with zero attached hydrogens (tertiary/aromatic N) is 1. The first-order valence-electron chi connectivity index (χ1n) is 9.86. The molecule has 1 N–H and O–H groups in total. The summed E-state index contributed by atoms with van der Waals surface area (Å²) in [6.45, 7) is 1.62. The molecule has 0 bridgehead atoms. The predicted molar refractivity (Wildman–Crippen MR) is 111 cm³/mol. The molecule has 5 nitrogen and oxygen atoms in total. The second-order valence-corrected chi connectivity index (χ2v) is 7.16. The van der Waals surface area contributed by atoms with E-state index in [1.54, 1.807) is 6.20 Å². The van der Waals surface area contributed by atoms with Crippen molar-refractivity contribution in [2.45, 2.75) is 24.8 Å². The summed E-state index contributed by atoms with van der Waals surface area (Å²) in [5.41, 5.74) is 1.48. The van der Waals surface area contributed by atoms with Gasteiger partial charge in [-0.05, 0) is 42.2 Å². The molecule has 1 fully saturated rings. The SMILES string of the molecule is O=C(NCc1cccc(Oc2ccccn2)c1)C1(c2ccccc2)CCOCC1. The molecule has 0 atom stereocenters. The number of benzene rings is 2. The molecule has 1 aromatic heterocycles. The van der Waals surface area contributed by atoms with Gasteiger partial charge < -0.3 is 14.8 Å². The number of rotatable bonds is 6. The summed E-state index contributed by atoms with van der Waals surface area (Å²) in [4.78, 5) is 17.4. The Bertz CT molecular complexity index is 939. The number of ether oxygens (including phenoxy) is 2. The number of pyridine rings is 1. The van der Waals surface area contributed by atoms with E-state index in [9.17, 15) is 4.79 Å². The second-order valence-electron chi connectivity index (χ2n) is 7.16. The summed E-state index contributed by atoms with van der Waals surface area (Å²) in [5.74, 6) is 1.28. The van der Waals surface area contributed by atoms with Gasteiger partial charge in [-0.1, -0.05) is 48.5 Å². The molecule has 0 radical (unpaired) electrons. The maximum Gasteiger partial charge on any atom is 0.231 e. The molecule has 148 valence electrons. The average Bonchev–Trinajstić information content (AvgIpc) is 2.79. The van der Waals surface area contributed by atoms with Crippen LogP contribution in [0.4, 0.5) is 0 Å². The van der Waals surface area contributed by atoms with E-state index in [4.69, 9.17) is 9.47 Å². The lowest BCUT2D eigenvalue weighted by molar-refractivity contribution is -0.130. The highest BCUT2D eigenvalue weighted by atomic mass is 16.5. The Kier molecular flexibility index (Phi) is 5.86. The van der Waals surface area contributed by atoms with E-state index in [0.717, 1.165) is 11.1 Å². The van der Waals surface area contributed by atoms with Crippen LogP contribution in [0, 0.1) is 0 Å². The fourth-order valence-corrected chi connectivity index (χ4v) is 3.72. The van der Waals surface area contributed by atoms with Crippen LogP contribution in [0.2, 0.25) is 0 Å². The number of nitrogens with one attached hydrogen (secondary N) is 1. The van der Waals surface area contributed by atoms with Gasteiger partial charge in [0.15, 0.2) is 0 Å².